The normalized spacial score (nSPS) is 20.4. The molecule has 0 unspecified atom stereocenters. The predicted octanol–water partition coefficient (Wildman–Crippen LogP) is -1.44. The number of carboxylic acid groups (broad SMARTS) is 3. The molecular formula is C91H130FN17O29S2. The highest BCUT2D eigenvalue weighted by Gasteiger charge is 2.40. The molecule has 14 amide bonds. The minimum absolute atomic E-state index is 0.0792. The lowest BCUT2D eigenvalue weighted by molar-refractivity contribution is -0.145. The van der Waals surface area contributed by atoms with Crippen LogP contribution in [-0.2, 0) is 134 Å². The minimum atomic E-state index is -2.04. The van der Waals surface area contributed by atoms with Crippen LogP contribution in [0.15, 0.2) is 79.1 Å². The first-order valence-electron chi connectivity index (χ1n) is 45.6. The number of esters is 1. The fourth-order valence-electron chi connectivity index (χ4n) is 13.9. The molecule has 1 aliphatic heterocycles. The van der Waals surface area contributed by atoms with Crippen LogP contribution in [0.3, 0.4) is 0 Å². The third-order valence-corrected chi connectivity index (χ3v) is 23.5. The zero-order chi connectivity index (χ0) is 103. The molecule has 49 heteroatoms. The predicted molar refractivity (Wildman–Crippen MR) is 506 cm³/mol. The Labute approximate surface area is 814 Å². The summed E-state index contributed by atoms with van der Waals surface area (Å²) >= 11 is 0. The van der Waals surface area contributed by atoms with E-state index in [0.29, 0.717) is 107 Å². The Morgan fingerprint density at radius 3 is 1.54 bits per heavy atom. The van der Waals surface area contributed by atoms with Gasteiger partial charge >= 0.3 is 23.9 Å². The average molecular weight is 2010 g/mol. The van der Waals surface area contributed by atoms with Gasteiger partial charge < -0.3 is 144 Å². The van der Waals surface area contributed by atoms with Crippen molar-refractivity contribution in [2.45, 2.75) is 205 Å². The first-order chi connectivity index (χ1) is 66.6. The lowest BCUT2D eigenvalue weighted by Gasteiger charge is -2.29. The summed E-state index contributed by atoms with van der Waals surface area (Å²) in [7, 11) is 1.39. The number of aromatic amines is 2. The molecule has 3 aromatic carbocycles. The van der Waals surface area contributed by atoms with Gasteiger partial charge in [0.15, 0.2) is 17.6 Å². The number of carbonyl (C=O) groups is 18. The van der Waals surface area contributed by atoms with Crippen molar-refractivity contribution in [1.82, 2.24) is 84.4 Å². The second-order valence-corrected chi connectivity index (χ2v) is 36.5. The molecule has 0 radical (unpaired) electrons. The Balaban J connectivity index is 1.35. The van der Waals surface area contributed by atoms with Gasteiger partial charge in [-0.3, -0.25) is 81.5 Å². The van der Waals surface area contributed by atoms with Crippen LogP contribution in [0.4, 0.5) is 4.39 Å². The summed E-state index contributed by atoms with van der Waals surface area (Å²) in [4.78, 5) is 260. The monoisotopic (exact) mass is 2010 g/mol. The maximum atomic E-state index is 15.8. The zero-order valence-electron chi connectivity index (χ0n) is 79.4. The molecule has 0 spiro atoms. The van der Waals surface area contributed by atoms with Crippen LogP contribution in [0, 0.1) is 23.6 Å². The van der Waals surface area contributed by atoms with Gasteiger partial charge in [0, 0.05) is 85.0 Å². The summed E-state index contributed by atoms with van der Waals surface area (Å²) in [6.07, 6.45) is -3.58. The number of halogens is 1. The van der Waals surface area contributed by atoms with Crippen LogP contribution in [-0.4, -0.2) is 319 Å². The van der Waals surface area contributed by atoms with E-state index in [2.05, 4.69) is 84.4 Å². The number of nitrogens with two attached hydrogens (primary N) is 1. The summed E-state index contributed by atoms with van der Waals surface area (Å²) < 4.78 is 53.5. The minimum Gasteiger partial charge on any atom is -0.481 e. The number of aliphatic hydroxyl groups is 1. The van der Waals surface area contributed by atoms with E-state index in [-0.39, 0.29) is 64.3 Å². The van der Waals surface area contributed by atoms with E-state index < -0.39 is 271 Å². The Morgan fingerprint density at radius 1 is 0.529 bits per heavy atom. The fourth-order valence-corrected chi connectivity index (χ4v) is 16.2. The van der Waals surface area contributed by atoms with Gasteiger partial charge in [-0.1, -0.05) is 106 Å². The Bertz CT molecular complexity index is 4990. The topological polar surface area (TPSA) is 679 Å². The molecule has 0 saturated carbocycles. The van der Waals surface area contributed by atoms with E-state index in [1.165, 1.54) is 32.3 Å². The lowest BCUT2D eigenvalue weighted by Crippen LogP contribution is -2.61. The third-order valence-electron chi connectivity index (χ3n) is 21.1. The number of H-pyrrole nitrogens is 2. The largest absolute Gasteiger partial charge is 0.481 e. The van der Waals surface area contributed by atoms with E-state index in [4.69, 9.17) is 38.9 Å². The molecule has 0 bridgehead atoms. The van der Waals surface area contributed by atoms with Crippen molar-refractivity contribution in [2.24, 2.45) is 23.5 Å². The highest BCUT2D eigenvalue weighted by atomic mass is 33.1. The number of hydrogen-bond donors (Lipinski definition) is 21. The number of hydrogen-bond acceptors (Lipinski definition) is 29. The zero-order valence-corrected chi connectivity index (χ0v) is 81.0. The smallest absolute Gasteiger partial charge is 0.328 e. The van der Waals surface area contributed by atoms with E-state index in [1.807, 2.05) is 0 Å². The van der Waals surface area contributed by atoms with Crippen molar-refractivity contribution in [1.29, 1.82) is 0 Å². The Hall–Kier alpha value is -12.5. The number of aromatic nitrogens is 2. The van der Waals surface area contributed by atoms with Crippen molar-refractivity contribution in [3.63, 3.8) is 0 Å². The van der Waals surface area contributed by atoms with Crippen LogP contribution >= 0.6 is 21.6 Å². The van der Waals surface area contributed by atoms with Gasteiger partial charge in [-0.2, -0.15) is 0 Å². The van der Waals surface area contributed by atoms with Crippen molar-refractivity contribution in [3.8, 4) is 5.75 Å². The summed E-state index contributed by atoms with van der Waals surface area (Å²) in [6, 6.07) is -4.51. The van der Waals surface area contributed by atoms with Gasteiger partial charge in [0.2, 0.25) is 82.7 Å². The molecule has 140 heavy (non-hydrogen) atoms. The van der Waals surface area contributed by atoms with Crippen molar-refractivity contribution < 1.29 is 144 Å². The highest BCUT2D eigenvalue weighted by Crippen LogP contribution is 2.27. The Kier molecular flexibility index (Phi) is 50.8. The number of nitrogens with one attached hydrogen (secondary N) is 16. The van der Waals surface area contributed by atoms with Crippen molar-refractivity contribution in [3.05, 3.63) is 102 Å². The van der Waals surface area contributed by atoms with Gasteiger partial charge in [0.1, 0.15) is 66.5 Å². The standard InChI is InChI=1S/C91H130FN17O29S2/c1-49(2)36-64-81(120)97-46-74(113)100-63(19-21-75(114)115)82(121)103-65(37-50(3)4)87(126)108-78(51(5)6)90(129)105-67(40-57-45-95-62-17-13-11-15-59(57)62)84(123)107-71(89(128)109-79(53(8)110)91(130)131)48-140-139-47-70(106-86(125)69(42-76(116)117)99-54(9)111)88(127)98-52(7)80(119)101-66(39-56-44-94-61-16-12-10-14-58(56)61)83(122)104-68(85(124)102-64)41-73(112)96-43-55-18-20-72(60(92)38-55)138-77(118)22-24-132-26-28-134-30-32-136-34-35-137-33-31-135-29-27-133-25-23-93/h10-18,20,38,44-45,49-53,63-71,78-79,94-95,110H,19,21-37,39-43,46-48,93H2,1-9H3,(H,96,112)(H,97,120)(H,98,127)(H,99,111)(H,100,113)(H,101,119)(H,102,124)(H,103,121)(H,104,122)(H,105,129)(H,106,125)(H,107,123)(H,108,126)(H,109,128)(H,114,115)(H,116,117)(H,130,131)/t52-,53+,63-,64-,65-,66-,67-,68-,69-,70-,71-,78-,79-/m0/s1. The number of para-hydroxylation sites is 2. The van der Waals surface area contributed by atoms with Gasteiger partial charge in [0.05, 0.1) is 111 Å². The summed E-state index contributed by atoms with van der Waals surface area (Å²) in [5, 5.41) is 76.0. The first kappa shape index (κ1) is 116. The molecule has 5 aromatic rings. The van der Waals surface area contributed by atoms with Crippen molar-refractivity contribution >= 4 is 150 Å². The SMILES string of the molecule is CC(=O)N[C@@H](CC(=O)O)C(=O)N[C@H]1CSSC[C@@H](C(=O)N[C@H](C(=O)O)[C@@H](C)O)NC(=O)[C@H](Cc2c[nH]c3ccccc23)NC(=O)[C@H](C(C)C)NC(=O)[C@H](CC(C)C)NC(=O)[C@H](CCC(=O)O)NC(=O)CNC(=O)[C@H](CC(C)C)NC(=O)[C@H](CC(=O)NCc2ccc(OC(=O)CCOCCOCCOCCOCCOCCOCCN)c(F)c2)NC(=O)[C@H](Cc2c[nH]c3ccccc23)NC(=O)[C@H](C)NC1=O. The van der Waals surface area contributed by atoms with Crippen LogP contribution in [0.25, 0.3) is 21.8 Å². The van der Waals surface area contributed by atoms with E-state index in [0.717, 1.165) is 32.9 Å². The maximum absolute atomic E-state index is 15.8. The molecule has 3 heterocycles. The molecule has 46 nitrogen and oxygen atoms in total. The number of rotatable bonds is 46. The number of carboxylic acids is 3. The lowest BCUT2D eigenvalue weighted by atomic mass is 9.98. The van der Waals surface area contributed by atoms with Crippen LogP contribution in [0.2, 0.25) is 0 Å². The summed E-state index contributed by atoms with van der Waals surface area (Å²) in [6.45, 7) is 15.3. The molecule has 772 valence electrons. The molecule has 2 aromatic heterocycles. The first-order valence-corrected chi connectivity index (χ1v) is 48.1. The molecule has 22 N–H and O–H groups in total. The number of amides is 14. The highest BCUT2D eigenvalue weighted by molar-refractivity contribution is 8.76. The average Bonchev–Trinajstić information content (AvgIpc) is 1.66. The number of fused-ring (bicyclic) bond motifs is 2. The molecule has 0 aliphatic carbocycles. The Morgan fingerprint density at radius 2 is 1.02 bits per heavy atom. The second kappa shape index (κ2) is 61.2. The number of aliphatic hydroxyl groups excluding tert-OH is 1. The molecule has 6 rings (SSSR count). The van der Waals surface area contributed by atoms with Gasteiger partial charge in [-0.15, -0.1) is 0 Å². The number of benzene rings is 3. The quantitative estimate of drug-likeness (QED) is 0.00918. The maximum Gasteiger partial charge on any atom is 0.328 e. The van der Waals surface area contributed by atoms with E-state index in [1.54, 1.807) is 76.2 Å². The summed E-state index contributed by atoms with van der Waals surface area (Å²) in [5.41, 5.74) is 7.36. The molecule has 1 fully saturated rings. The summed E-state index contributed by atoms with van der Waals surface area (Å²) in [5.74, 6) is -25.6. The van der Waals surface area contributed by atoms with Crippen LogP contribution in [0.5, 0.6) is 5.75 Å². The van der Waals surface area contributed by atoms with E-state index >= 15 is 18.8 Å². The second-order valence-electron chi connectivity index (χ2n) is 34.0. The number of aliphatic carboxylic acids is 3. The fraction of sp³-hybridized carbons (Fsp3) is 0.560. The third kappa shape index (κ3) is 41.9. The number of carbonyl (C=O) groups excluding carboxylic acids is 15. The molecule has 13 atom stereocenters. The molecular weight excluding hydrogens is 1880 g/mol. The molecule has 1 saturated heterocycles. The number of ether oxygens (including phenoxy) is 7. The van der Waals surface area contributed by atoms with Gasteiger partial charge in [-0.05, 0) is 91.8 Å². The van der Waals surface area contributed by atoms with E-state index in [9.17, 15) is 92.3 Å². The van der Waals surface area contributed by atoms with Crippen LogP contribution < -0.4 is 84.9 Å². The molecule has 1 aliphatic rings. The van der Waals surface area contributed by atoms with Crippen molar-refractivity contribution in [2.75, 3.05) is 104 Å². The van der Waals surface area contributed by atoms with Gasteiger partial charge in [0.25, 0.3) is 0 Å². The van der Waals surface area contributed by atoms with Gasteiger partial charge in [-0.25, -0.2) is 9.18 Å². The van der Waals surface area contributed by atoms with Crippen LogP contribution in [0.1, 0.15) is 124 Å².